The van der Waals surface area contributed by atoms with Gasteiger partial charge in [-0.25, -0.2) is 0 Å². The average Bonchev–Trinajstić information content (AvgIpc) is 2.75. The minimum absolute atomic E-state index is 0.582. The summed E-state index contributed by atoms with van der Waals surface area (Å²) in [5.74, 6) is 0.657. The molecule has 3 rings (SSSR count). The Balaban J connectivity index is 1.95. The van der Waals surface area contributed by atoms with E-state index in [4.69, 9.17) is 4.42 Å². The van der Waals surface area contributed by atoms with Gasteiger partial charge in [0, 0.05) is 22.6 Å². The Morgan fingerprint density at radius 3 is 2.59 bits per heavy atom. The van der Waals surface area contributed by atoms with Crippen LogP contribution >= 0.6 is 22.6 Å². The lowest BCUT2D eigenvalue weighted by Gasteiger charge is -2.00. The van der Waals surface area contributed by atoms with E-state index in [0.29, 0.717) is 16.2 Å². The first-order chi connectivity index (χ1) is 8.31. The summed E-state index contributed by atoms with van der Waals surface area (Å²) in [6, 6.07) is 14.7. The number of nitrogens with zero attached hydrogens (tertiary/aromatic N) is 2. The number of halogens is 1. The molecule has 2 aromatic carbocycles. The summed E-state index contributed by atoms with van der Waals surface area (Å²) in [6.07, 6.45) is 0.681. The van der Waals surface area contributed by atoms with Crippen molar-refractivity contribution in [1.82, 2.24) is 10.2 Å². The van der Waals surface area contributed by atoms with Crippen molar-refractivity contribution in [3.05, 3.63) is 57.8 Å². The molecule has 1 heterocycles. The molecule has 0 unspecified atom stereocenters. The highest BCUT2D eigenvalue weighted by atomic mass is 127. The average molecular weight is 336 g/mol. The summed E-state index contributed by atoms with van der Waals surface area (Å²) >= 11 is 2.02. The zero-order valence-electron chi connectivity index (χ0n) is 8.93. The maximum atomic E-state index is 5.36. The minimum atomic E-state index is 0.582. The van der Waals surface area contributed by atoms with Crippen LogP contribution in [0.5, 0.6) is 0 Å². The molecule has 0 aliphatic heterocycles. The molecule has 84 valence electrons. The number of hydrogen-bond acceptors (Lipinski definition) is 3. The second-order valence-corrected chi connectivity index (χ2v) is 4.73. The van der Waals surface area contributed by atoms with Gasteiger partial charge in [-0.05, 0) is 16.3 Å². The van der Waals surface area contributed by atoms with E-state index >= 15 is 0 Å². The van der Waals surface area contributed by atoms with Crippen LogP contribution in [0, 0.1) is 3.90 Å². The first kappa shape index (κ1) is 10.7. The smallest absolute Gasteiger partial charge is 0.278 e. The largest absolute Gasteiger partial charge is 0.416 e. The number of fused-ring (bicyclic) bond motifs is 1. The Morgan fingerprint density at radius 2 is 1.82 bits per heavy atom. The van der Waals surface area contributed by atoms with Crippen LogP contribution < -0.4 is 0 Å². The highest BCUT2D eigenvalue weighted by Gasteiger charge is 2.04. The Bertz CT molecular complexity index is 663. The molecule has 0 saturated carbocycles. The third-order valence-corrected chi connectivity index (χ3v) is 3.05. The zero-order valence-corrected chi connectivity index (χ0v) is 11.1. The lowest BCUT2D eigenvalue weighted by Crippen LogP contribution is -1.88. The number of rotatable bonds is 2. The Kier molecular flexibility index (Phi) is 2.80. The summed E-state index contributed by atoms with van der Waals surface area (Å²) in [6.45, 7) is 0. The van der Waals surface area contributed by atoms with Gasteiger partial charge in [-0.1, -0.05) is 42.5 Å². The van der Waals surface area contributed by atoms with E-state index in [1.165, 1.54) is 16.3 Å². The van der Waals surface area contributed by atoms with Crippen molar-refractivity contribution in [3.63, 3.8) is 0 Å². The molecule has 0 amide bonds. The lowest BCUT2D eigenvalue weighted by molar-refractivity contribution is 0.479. The summed E-state index contributed by atoms with van der Waals surface area (Å²) in [7, 11) is 0. The second-order valence-electron chi connectivity index (χ2n) is 3.81. The number of hydrogen-bond donors (Lipinski definition) is 0. The van der Waals surface area contributed by atoms with Gasteiger partial charge >= 0.3 is 0 Å². The maximum Gasteiger partial charge on any atom is 0.278 e. The van der Waals surface area contributed by atoms with Crippen molar-refractivity contribution in [1.29, 1.82) is 0 Å². The third kappa shape index (κ3) is 2.31. The van der Waals surface area contributed by atoms with E-state index in [9.17, 15) is 0 Å². The Hall–Kier alpha value is -1.43. The Morgan fingerprint density at radius 1 is 1.00 bits per heavy atom. The van der Waals surface area contributed by atoms with Crippen LogP contribution in [0.2, 0.25) is 0 Å². The lowest BCUT2D eigenvalue weighted by atomic mass is 10.1. The van der Waals surface area contributed by atoms with Gasteiger partial charge in [-0.3, -0.25) is 0 Å². The van der Waals surface area contributed by atoms with E-state index < -0.39 is 0 Å². The molecule has 17 heavy (non-hydrogen) atoms. The van der Waals surface area contributed by atoms with Crippen molar-refractivity contribution in [3.8, 4) is 0 Å². The third-order valence-electron chi connectivity index (χ3n) is 2.61. The fourth-order valence-electron chi connectivity index (χ4n) is 1.83. The molecular weight excluding hydrogens is 327 g/mol. The van der Waals surface area contributed by atoms with E-state index in [1.807, 2.05) is 34.7 Å². The normalized spacial score (nSPS) is 10.9. The van der Waals surface area contributed by atoms with Crippen LogP contribution in [0.3, 0.4) is 0 Å². The van der Waals surface area contributed by atoms with Crippen LogP contribution in [0.4, 0.5) is 0 Å². The molecule has 0 fully saturated rings. The van der Waals surface area contributed by atoms with Gasteiger partial charge in [-0.15, -0.1) is 10.2 Å². The van der Waals surface area contributed by atoms with Crippen LogP contribution in [-0.4, -0.2) is 10.2 Å². The predicted molar refractivity (Wildman–Crippen MR) is 73.8 cm³/mol. The standard InChI is InChI=1S/C13H9IN2O/c14-13-16-15-12(17-13)8-9-5-6-10-3-1-2-4-11(10)7-9/h1-7H,8H2. The maximum absolute atomic E-state index is 5.36. The van der Waals surface area contributed by atoms with E-state index in [2.05, 4.69) is 40.5 Å². The van der Waals surface area contributed by atoms with Crippen LogP contribution in [0.25, 0.3) is 10.8 Å². The molecule has 0 N–H and O–H groups in total. The van der Waals surface area contributed by atoms with Gasteiger partial charge in [0.2, 0.25) is 5.89 Å². The second kappa shape index (κ2) is 4.44. The first-order valence-electron chi connectivity index (χ1n) is 5.27. The highest BCUT2D eigenvalue weighted by Crippen LogP contribution is 2.17. The minimum Gasteiger partial charge on any atom is -0.416 e. The highest BCUT2D eigenvalue weighted by molar-refractivity contribution is 14.1. The fourth-order valence-corrected chi connectivity index (χ4v) is 2.19. The topological polar surface area (TPSA) is 38.9 Å². The van der Waals surface area contributed by atoms with Crippen molar-refractivity contribution in [2.24, 2.45) is 0 Å². The predicted octanol–water partition coefficient (Wildman–Crippen LogP) is 3.42. The van der Waals surface area contributed by atoms with Crippen LogP contribution in [0.15, 0.2) is 46.9 Å². The van der Waals surface area contributed by atoms with Gasteiger partial charge in [-0.2, -0.15) is 0 Å². The molecule has 0 atom stereocenters. The molecule has 0 saturated heterocycles. The van der Waals surface area contributed by atoms with Crippen molar-refractivity contribution < 1.29 is 4.42 Å². The molecule has 0 aliphatic rings. The first-order valence-corrected chi connectivity index (χ1v) is 6.35. The summed E-state index contributed by atoms with van der Waals surface area (Å²) in [4.78, 5) is 0. The van der Waals surface area contributed by atoms with Gasteiger partial charge in [0.15, 0.2) is 0 Å². The summed E-state index contributed by atoms with van der Waals surface area (Å²) < 4.78 is 5.95. The zero-order chi connectivity index (χ0) is 11.7. The van der Waals surface area contributed by atoms with Gasteiger partial charge in [0.05, 0.1) is 6.42 Å². The van der Waals surface area contributed by atoms with Crippen molar-refractivity contribution in [2.45, 2.75) is 6.42 Å². The van der Waals surface area contributed by atoms with Crippen molar-refractivity contribution in [2.75, 3.05) is 0 Å². The summed E-state index contributed by atoms with van der Waals surface area (Å²) in [5.41, 5.74) is 1.18. The van der Waals surface area contributed by atoms with Crippen LogP contribution in [0.1, 0.15) is 11.5 Å². The van der Waals surface area contributed by atoms with Crippen LogP contribution in [-0.2, 0) is 6.42 Å². The van der Waals surface area contributed by atoms with Gasteiger partial charge in [0.25, 0.3) is 3.90 Å². The van der Waals surface area contributed by atoms with E-state index in [1.54, 1.807) is 0 Å². The molecule has 0 bridgehead atoms. The molecule has 3 nitrogen and oxygen atoms in total. The molecule has 1 aromatic heterocycles. The molecule has 3 aromatic rings. The molecule has 0 spiro atoms. The SMILES string of the molecule is Ic1nnc(Cc2ccc3ccccc3c2)o1. The molecule has 0 radical (unpaired) electrons. The quantitative estimate of drug-likeness (QED) is 0.673. The monoisotopic (exact) mass is 336 g/mol. The van der Waals surface area contributed by atoms with E-state index in [0.717, 1.165) is 0 Å². The van der Waals surface area contributed by atoms with Gasteiger partial charge < -0.3 is 4.42 Å². The number of benzene rings is 2. The Labute approximate surface area is 112 Å². The van der Waals surface area contributed by atoms with E-state index in [-0.39, 0.29) is 0 Å². The van der Waals surface area contributed by atoms with Gasteiger partial charge in [0.1, 0.15) is 0 Å². The molecule has 0 aliphatic carbocycles. The summed E-state index contributed by atoms with van der Waals surface area (Å²) in [5, 5.41) is 10.3. The number of aromatic nitrogens is 2. The van der Waals surface area contributed by atoms with Crippen molar-refractivity contribution >= 4 is 33.4 Å². The molecular formula is C13H9IN2O. The fraction of sp³-hybridized carbons (Fsp3) is 0.0769. The molecule has 4 heteroatoms.